The van der Waals surface area contributed by atoms with E-state index in [1.165, 1.54) is 4.90 Å². The van der Waals surface area contributed by atoms with Gasteiger partial charge in [-0.15, -0.1) is 0 Å². The fourth-order valence-corrected chi connectivity index (χ4v) is 2.80. The number of amides is 1. The number of hydrogen-bond acceptors (Lipinski definition) is 5. The molecule has 7 nitrogen and oxygen atoms in total. The Bertz CT molecular complexity index is 617. The zero-order valence-electron chi connectivity index (χ0n) is 15.0. The van der Waals surface area contributed by atoms with Crippen LogP contribution in [0.25, 0.3) is 0 Å². The van der Waals surface area contributed by atoms with Crippen LogP contribution < -0.4 is 9.47 Å². The normalized spacial score (nSPS) is 16.1. The highest BCUT2D eigenvalue weighted by atomic mass is 16.5. The van der Waals surface area contributed by atoms with Gasteiger partial charge in [-0.25, -0.2) is 0 Å². The van der Waals surface area contributed by atoms with E-state index < -0.39 is 5.97 Å². The highest BCUT2D eigenvalue weighted by Crippen LogP contribution is 2.31. The predicted molar refractivity (Wildman–Crippen MR) is 93.1 cm³/mol. The molecule has 0 spiro atoms. The Morgan fingerprint density at radius 3 is 2.72 bits per heavy atom. The van der Waals surface area contributed by atoms with Crippen LogP contribution in [0.2, 0.25) is 0 Å². The minimum Gasteiger partial charge on any atom is -0.494 e. The van der Waals surface area contributed by atoms with Crippen molar-refractivity contribution < 1.29 is 24.2 Å². The average molecular weight is 350 g/mol. The van der Waals surface area contributed by atoms with Gasteiger partial charge in [-0.3, -0.25) is 9.59 Å². The quantitative estimate of drug-likeness (QED) is 0.757. The molecule has 1 aliphatic rings. The van der Waals surface area contributed by atoms with Crippen LogP contribution in [-0.2, 0) is 16.0 Å². The lowest BCUT2D eigenvalue weighted by Crippen LogP contribution is -2.45. The number of carboxylic acid groups (broad SMARTS) is 1. The number of benzene rings is 1. The van der Waals surface area contributed by atoms with Crippen molar-refractivity contribution in [1.29, 1.82) is 0 Å². The number of carbonyl (C=O) groups is 2. The first-order valence-electron chi connectivity index (χ1n) is 8.44. The molecule has 1 N–H and O–H groups in total. The zero-order chi connectivity index (χ0) is 18.4. The largest absolute Gasteiger partial charge is 0.494 e. The van der Waals surface area contributed by atoms with Gasteiger partial charge in [0.15, 0.2) is 0 Å². The van der Waals surface area contributed by atoms with Crippen LogP contribution in [0.4, 0.5) is 0 Å². The number of carboxylic acids is 1. The summed E-state index contributed by atoms with van der Waals surface area (Å²) in [4.78, 5) is 27.2. The van der Waals surface area contributed by atoms with Crippen molar-refractivity contribution in [2.45, 2.75) is 13.3 Å². The minimum absolute atomic E-state index is 0.184. The molecule has 0 saturated carbocycles. The predicted octanol–water partition coefficient (Wildman–Crippen LogP) is 1.11. The number of hydrogen-bond donors (Lipinski definition) is 1. The van der Waals surface area contributed by atoms with Gasteiger partial charge in [0.25, 0.3) is 0 Å². The topological polar surface area (TPSA) is 79.3 Å². The molecule has 0 unspecified atom stereocenters. The van der Waals surface area contributed by atoms with Crippen molar-refractivity contribution in [1.82, 2.24) is 9.80 Å². The van der Waals surface area contributed by atoms with E-state index in [4.69, 9.17) is 14.6 Å². The molecule has 1 aliphatic heterocycles. The SMILES string of the molecule is CCOc1ccc2c(c1)C[C@@H](C(=O)N(CCN(C)C)CC(=O)O)CO2. The second-order valence-corrected chi connectivity index (χ2v) is 6.37. The van der Waals surface area contributed by atoms with Gasteiger partial charge in [-0.05, 0) is 51.2 Å². The number of aliphatic carboxylic acids is 1. The third-order valence-corrected chi connectivity index (χ3v) is 4.05. The number of carbonyl (C=O) groups excluding carboxylic acids is 1. The molecule has 2 rings (SSSR count). The minimum atomic E-state index is -1.01. The summed E-state index contributed by atoms with van der Waals surface area (Å²) in [6, 6.07) is 5.58. The molecule has 0 bridgehead atoms. The monoisotopic (exact) mass is 350 g/mol. The van der Waals surface area contributed by atoms with E-state index >= 15 is 0 Å². The molecule has 1 amide bonds. The molecule has 0 aliphatic carbocycles. The molecule has 1 atom stereocenters. The smallest absolute Gasteiger partial charge is 0.323 e. The van der Waals surface area contributed by atoms with E-state index in [2.05, 4.69) is 0 Å². The Morgan fingerprint density at radius 2 is 2.08 bits per heavy atom. The number of rotatable bonds is 8. The Kier molecular flexibility index (Phi) is 6.64. The Balaban J connectivity index is 2.09. The lowest BCUT2D eigenvalue weighted by atomic mass is 9.95. The van der Waals surface area contributed by atoms with Gasteiger partial charge < -0.3 is 24.4 Å². The number of fused-ring (bicyclic) bond motifs is 1. The van der Waals surface area contributed by atoms with Crippen molar-refractivity contribution in [3.8, 4) is 11.5 Å². The van der Waals surface area contributed by atoms with Crippen LogP contribution >= 0.6 is 0 Å². The summed E-state index contributed by atoms with van der Waals surface area (Å²) in [5, 5.41) is 9.09. The molecule has 1 heterocycles. The van der Waals surface area contributed by atoms with E-state index in [0.29, 0.717) is 26.1 Å². The Morgan fingerprint density at radius 1 is 1.32 bits per heavy atom. The first-order chi connectivity index (χ1) is 11.9. The van der Waals surface area contributed by atoms with E-state index in [0.717, 1.165) is 17.1 Å². The van der Waals surface area contributed by atoms with Crippen LogP contribution in [0.3, 0.4) is 0 Å². The van der Waals surface area contributed by atoms with Crippen LogP contribution in [0.15, 0.2) is 18.2 Å². The molecule has 1 aromatic rings. The van der Waals surface area contributed by atoms with Gasteiger partial charge in [0.05, 0.1) is 12.5 Å². The molecule has 0 fully saturated rings. The fourth-order valence-electron chi connectivity index (χ4n) is 2.80. The third kappa shape index (κ3) is 5.35. The van der Waals surface area contributed by atoms with Gasteiger partial charge in [-0.2, -0.15) is 0 Å². The van der Waals surface area contributed by atoms with Crippen LogP contribution in [0.1, 0.15) is 12.5 Å². The maximum Gasteiger partial charge on any atom is 0.323 e. The lowest BCUT2D eigenvalue weighted by molar-refractivity contribution is -0.147. The van der Waals surface area contributed by atoms with Crippen molar-refractivity contribution in [3.63, 3.8) is 0 Å². The van der Waals surface area contributed by atoms with E-state index in [1.807, 2.05) is 44.1 Å². The summed E-state index contributed by atoms with van der Waals surface area (Å²) in [7, 11) is 3.78. The lowest BCUT2D eigenvalue weighted by Gasteiger charge is -2.30. The van der Waals surface area contributed by atoms with E-state index in [9.17, 15) is 9.59 Å². The summed E-state index contributed by atoms with van der Waals surface area (Å²) in [6.45, 7) is 3.43. The van der Waals surface area contributed by atoms with Crippen molar-refractivity contribution in [2.75, 3.05) is 46.9 Å². The van der Waals surface area contributed by atoms with Crippen LogP contribution in [0, 0.1) is 5.92 Å². The molecular formula is C18H26N2O5. The highest BCUT2D eigenvalue weighted by molar-refractivity contribution is 5.83. The molecule has 1 aromatic carbocycles. The third-order valence-electron chi connectivity index (χ3n) is 4.05. The van der Waals surface area contributed by atoms with Gasteiger partial charge in [0, 0.05) is 13.1 Å². The summed E-state index contributed by atoms with van der Waals surface area (Å²) >= 11 is 0. The summed E-state index contributed by atoms with van der Waals surface area (Å²) in [5.41, 5.74) is 0.915. The molecular weight excluding hydrogens is 324 g/mol. The molecule has 25 heavy (non-hydrogen) atoms. The van der Waals surface area contributed by atoms with E-state index in [1.54, 1.807) is 0 Å². The van der Waals surface area contributed by atoms with Crippen LogP contribution in [0.5, 0.6) is 11.5 Å². The molecule has 138 valence electrons. The Labute approximate surface area is 148 Å². The van der Waals surface area contributed by atoms with Gasteiger partial charge >= 0.3 is 5.97 Å². The molecule has 7 heteroatoms. The Hall–Kier alpha value is -2.28. The van der Waals surface area contributed by atoms with Crippen LogP contribution in [-0.4, -0.2) is 73.7 Å². The average Bonchev–Trinajstić information content (AvgIpc) is 2.57. The molecule has 0 radical (unpaired) electrons. The summed E-state index contributed by atoms with van der Waals surface area (Å²) < 4.78 is 11.2. The second kappa shape index (κ2) is 8.71. The first kappa shape index (κ1) is 19.1. The number of likely N-dealkylation sites (N-methyl/N-ethyl adjacent to an activating group) is 1. The maximum absolute atomic E-state index is 12.8. The van der Waals surface area contributed by atoms with Gasteiger partial charge in [0.2, 0.25) is 5.91 Å². The maximum atomic E-state index is 12.8. The zero-order valence-corrected chi connectivity index (χ0v) is 15.0. The fraction of sp³-hybridized carbons (Fsp3) is 0.556. The van der Waals surface area contributed by atoms with E-state index in [-0.39, 0.29) is 25.0 Å². The summed E-state index contributed by atoms with van der Waals surface area (Å²) in [5.74, 6) is -0.0796. The first-order valence-corrected chi connectivity index (χ1v) is 8.44. The highest BCUT2D eigenvalue weighted by Gasteiger charge is 2.30. The molecule has 0 aromatic heterocycles. The standard InChI is InChI=1S/C18H26N2O5/c1-4-24-15-5-6-16-13(10-15)9-14(12-25-16)18(23)20(11-17(21)22)8-7-19(2)3/h5-6,10,14H,4,7-9,11-12H2,1-3H3,(H,21,22)/t14-/m1/s1. The summed E-state index contributed by atoms with van der Waals surface area (Å²) in [6.07, 6.45) is 0.521. The number of ether oxygens (including phenoxy) is 2. The number of nitrogens with zero attached hydrogens (tertiary/aromatic N) is 2. The van der Waals surface area contributed by atoms with Crippen molar-refractivity contribution in [3.05, 3.63) is 23.8 Å². The van der Waals surface area contributed by atoms with Gasteiger partial charge in [-0.1, -0.05) is 0 Å². The molecule has 0 saturated heterocycles. The van der Waals surface area contributed by atoms with Crippen molar-refractivity contribution in [2.24, 2.45) is 5.92 Å². The van der Waals surface area contributed by atoms with Crippen molar-refractivity contribution >= 4 is 11.9 Å². The second-order valence-electron chi connectivity index (χ2n) is 6.37. The van der Waals surface area contributed by atoms with Gasteiger partial charge in [0.1, 0.15) is 24.7 Å².